The van der Waals surface area contributed by atoms with Crippen molar-refractivity contribution in [1.82, 2.24) is 24.6 Å². The molecule has 0 saturated heterocycles. The van der Waals surface area contributed by atoms with E-state index in [2.05, 4.69) is 15.1 Å². The van der Waals surface area contributed by atoms with Crippen LogP contribution in [0.15, 0.2) is 35.1 Å². The zero-order chi connectivity index (χ0) is 17.6. The van der Waals surface area contributed by atoms with E-state index in [1.807, 2.05) is 0 Å². The molecule has 8 heteroatoms. The molecule has 8 nitrogen and oxygen atoms in total. The number of H-pyrrole nitrogens is 1. The standard InChI is InChI=1S/C17H17N5O3/c1-10(23)14-8-11-9-21(6-7-22(11)20-14)17(25)15-18-13-5-3-2-4-12(13)16(24)19-15/h2-5,8,10,23H,6-7,9H2,1H3,(H,18,19,24). The lowest BCUT2D eigenvalue weighted by Crippen LogP contribution is -2.39. The Morgan fingerprint density at radius 1 is 1.32 bits per heavy atom. The molecule has 2 N–H and O–H groups in total. The third kappa shape index (κ3) is 2.70. The van der Waals surface area contributed by atoms with Gasteiger partial charge in [0, 0.05) is 6.54 Å². The number of hydrogen-bond acceptors (Lipinski definition) is 5. The van der Waals surface area contributed by atoms with Gasteiger partial charge in [-0.2, -0.15) is 5.10 Å². The summed E-state index contributed by atoms with van der Waals surface area (Å²) in [7, 11) is 0. The van der Waals surface area contributed by atoms with Gasteiger partial charge in [-0.1, -0.05) is 12.1 Å². The molecule has 0 saturated carbocycles. The summed E-state index contributed by atoms with van der Waals surface area (Å²) in [5, 5.41) is 14.4. The summed E-state index contributed by atoms with van der Waals surface area (Å²) in [5.74, 6) is -0.290. The second-order valence-electron chi connectivity index (χ2n) is 6.12. The van der Waals surface area contributed by atoms with Crippen molar-refractivity contribution in [2.75, 3.05) is 6.54 Å². The molecule has 1 aliphatic heterocycles. The van der Waals surface area contributed by atoms with Gasteiger partial charge in [-0.05, 0) is 25.1 Å². The normalized spacial score (nSPS) is 15.2. The van der Waals surface area contributed by atoms with E-state index in [4.69, 9.17) is 0 Å². The third-order valence-electron chi connectivity index (χ3n) is 4.35. The van der Waals surface area contributed by atoms with Gasteiger partial charge in [0.05, 0.1) is 41.5 Å². The highest BCUT2D eigenvalue weighted by Gasteiger charge is 2.25. The van der Waals surface area contributed by atoms with Crippen molar-refractivity contribution in [2.24, 2.45) is 0 Å². The Morgan fingerprint density at radius 2 is 2.12 bits per heavy atom. The first-order chi connectivity index (χ1) is 12.0. The second kappa shape index (κ2) is 5.82. The van der Waals surface area contributed by atoms with Crippen molar-refractivity contribution >= 4 is 16.8 Å². The number of nitrogens with zero attached hydrogens (tertiary/aromatic N) is 4. The number of nitrogens with one attached hydrogen (secondary N) is 1. The lowest BCUT2D eigenvalue weighted by Gasteiger charge is -2.27. The summed E-state index contributed by atoms with van der Waals surface area (Å²) in [6.07, 6.45) is -0.652. The zero-order valence-corrected chi connectivity index (χ0v) is 13.6. The van der Waals surface area contributed by atoms with Gasteiger partial charge in [-0.15, -0.1) is 0 Å². The van der Waals surface area contributed by atoms with Crippen LogP contribution in [0.2, 0.25) is 0 Å². The highest BCUT2D eigenvalue weighted by Crippen LogP contribution is 2.19. The fourth-order valence-corrected chi connectivity index (χ4v) is 3.00. The molecule has 4 rings (SSSR count). The molecule has 1 unspecified atom stereocenters. The summed E-state index contributed by atoms with van der Waals surface area (Å²) in [6.45, 7) is 3.00. The average molecular weight is 339 g/mol. The molecule has 3 heterocycles. The number of aliphatic hydroxyl groups excluding tert-OH is 1. The Kier molecular flexibility index (Phi) is 3.61. The molecule has 1 atom stereocenters. The molecule has 1 aromatic carbocycles. The number of aliphatic hydroxyl groups is 1. The Morgan fingerprint density at radius 3 is 2.92 bits per heavy atom. The maximum absolute atomic E-state index is 12.8. The highest BCUT2D eigenvalue weighted by molar-refractivity contribution is 5.92. The van der Waals surface area contributed by atoms with E-state index in [0.717, 1.165) is 5.69 Å². The molecular formula is C17H17N5O3. The molecule has 0 spiro atoms. The van der Waals surface area contributed by atoms with E-state index < -0.39 is 6.10 Å². The Labute approximate surface area is 142 Å². The van der Waals surface area contributed by atoms with Crippen LogP contribution in [-0.2, 0) is 13.1 Å². The van der Waals surface area contributed by atoms with E-state index >= 15 is 0 Å². The van der Waals surface area contributed by atoms with E-state index in [9.17, 15) is 14.7 Å². The SMILES string of the molecule is CC(O)c1cc2n(n1)CCN(C(=O)c1nc3ccccc3c(=O)[nH]1)C2. The summed E-state index contributed by atoms with van der Waals surface area (Å²) < 4.78 is 1.79. The maximum atomic E-state index is 12.8. The number of rotatable bonds is 2. The predicted molar refractivity (Wildman–Crippen MR) is 90.0 cm³/mol. The van der Waals surface area contributed by atoms with Crippen molar-refractivity contribution in [3.05, 3.63) is 57.9 Å². The van der Waals surface area contributed by atoms with E-state index in [0.29, 0.717) is 36.2 Å². The number of amides is 1. The van der Waals surface area contributed by atoms with E-state index in [-0.39, 0.29) is 17.3 Å². The Hall–Kier alpha value is -3.00. The van der Waals surface area contributed by atoms with Crippen molar-refractivity contribution < 1.29 is 9.90 Å². The highest BCUT2D eigenvalue weighted by atomic mass is 16.3. The maximum Gasteiger partial charge on any atom is 0.290 e. The van der Waals surface area contributed by atoms with Crippen LogP contribution in [0.25, 0.3) is 10.9 Å². The van der Waals surface area contributed by atoms with Gasteiger partial charge in [0.2, 0.25) is 0 Å². The Balaban J connectivity index is 1.64. The zero-order valence-electron chi connectivity index (χ0n) is 13.6. The van der Waals surface area contributed by atoms with E-state index in [1.54, 1.807) is 46.8 Å². The molecule has 1 aliphatic rings. The van der Waals surface area contributed by atoms with Gasteiger partial charge in [-0.25, -0.2) is 4.98 Å². The van der Waals surface area contributed by atoms with Gasteiger partial charge < -0.3 is 15.0 Å². The topological polar surface area (TPSA) is 104 Å². The molecule has 0 fully saturated rings. The number of carbonyl (C=O) groups excluding carboxylic acids is 1. The summed E-state index contributed by atoms with van der Waals surface area (Å²) in [5.41, 5.74) is 1.60. The van der Waals surface area contributed by atoms with Crippen LogP contribution in [0.5, 0.6) is 0 Å². The van der Waals surface area contributed by atoms with Crippen LogP contribution in [0.4, 0.5) is 0 Å². The summed E-state index contributed by atoms with van der Waals surface area (Å²) >= 11 is 0. The molecule has 3 aromatic rings. The number of aromatic nitrogens is 4. The number of aromatic amines is 1. The van der Waals surface area contributed by atoms with Gasteiger partial charge in [0.1, 0.15) is 0 Å². The van der Waals surface area contributed by atoms with Crippen molar-refractivity contribution in [1.29, 1.82) is 0 Å². The molecule has 0 radical (unpaired) electrons. The van der Waals surface area contributed by atoms with Crippen molar-refractivity contribution in [2.45, 2.75) is 26.1 Å². The largest absolute Gasteiger partial charge is 0.387 e. The monoisotopic (exact) mass is 339 g/mol. The summed E-state index contributed by atoms with van der Waals surface area (Å²) in [4.78, 5) is 33.4. The number of fused-ring (bicyclic) bond motifs is 2. The van der Waals surface area contributed by atoms with Gasteiger partial charge in [0.25, 0.3) is 11.5 Å². The fraction of sp³-hybridized carbons (Fsp3) is 0.294. The van der Waals surface area contributed by atoms with Crippen molar-refractivity contribution in [3.8, 4) is 0 Å². The minimum atomic E-state index is -0.652. The molecule has 128 valence electrons. The second-order valence-corrected chi connectivity index (χ2v) is 6.12. The van der Waals surface area contributed by atoms with Crippen LogP contribution < -0.4 is 5.56 Å². The fourth-order valence-electron chi connectivity index (χ4n) is 3.00. The Bertz CT molecular complexity index is 1020. The lowest BCUT2D eigenvalue weighted by atomic mass is 10.2. The first kappa shape index (κ1) is 15.5. The number of para-hydroxylation sites is 1. The minimum absolute atomic E-state index is 0.0346. The average Bonchev–Trinajstić information content (AvgIpc) is 3.04. The third-order valence-corrected chi connectivity index (χ3v) is 4.35. The molecule has 0 bridgehead atoms. The molecule has 1 amide bonds. The first-order valence-electron chi connectivity index (χ1n) is 8.06. The number of hydrogen-bond donors (Lipinski definition) is 2. The minimum Gasteiger partial charge on any atom is -0.387 e. The van der Waals surface area contributed by atoms with Crippen LogP contribution in [0.1, 0.15) is 35.0 Å². The van der Waals surface area contributed by atoms with Crippen LogP contribution in [-0.4, -0.2) is 42.2 Å². The quantitative estimate of drug-likeness (QED) is 0.720. The van der Waals surface area contributed by atoms with Gasteiger partial charge in [-0.3, -0.25) is 14.3 Å². The van der Waals surface area contributed by atoms with Crippen molar-refractivity contribution in [3.63, 3.8) is 0 Å². The molecule has 25 heavy (non-hydrogen) atoms. The smallest absolute Gasteiger partial charge is 0.290 e. The molecular weight excluding hydrogens is 322 g/mol. The van der Waals surface area contributed by atoms with Gasteiger partial charge >= 0.3 is 0 Å². The molecule has 0 aliphatic carbocycles. The number of carbonyl (C=O) groups is 1. The van der Waals surface area contributed by atoms with E-state index in [1.165, 1.54) is 0 Å². The number of benzene rings is 1. The van der Waals surface area contributed by atoms with Gasteiger partial charge in [0.15, 0.2) is 5.82 Å². The molecule has 2 aromatic heterocycles. The lowest BCUT2D eigenvalue weighted by molar-refractivity contribution is 0.0693. The van der Waals surface area contributed by atoms with Crippen LogP contribution in [0.3, 0.4) is 0 Å². The predicted octanol–water partition coefficient (Wildman–Crippen LogP) is 0.829. The first-order valence-corrected chi connectivity index (χ1v) is 8.06. The van der Waals surface area contributed by atoms with Crippen LogP contribution in [0, 0.1) is 0 Å². The summed E-state index contributed by atoms with van der Waals surface area (Å²) in [6, 6.07) is 8.71. The van der Waals surface area contributed by atoms with Crippen LogP contribution >= 0.6 is 0 Å².